The maximum Gasteiger partial charge on any atom is 0.409 e. The van der Waals surface area contributed by atoms with E-state index < -0.39 is 16.2 Å². The summed E-state index contributed by atoms with van der Waals surface area (Å²) in [5.74, 6) is 1.29. The van der Waals surface area contributed by atoms with Gasteiger partial charge in [0.1, 0.15) is 5.75 Å². The molecule has 6 nitrogen and oxygen atoms in total. The summed E-state index contributed by atoms with van der Waals surface area (Å²) >= 11 is 0. The molecule has 3 aliphatic rings. The molecular formula is C22H31NO5S. The minimum absolute atomic E-state index is 0.0744. The third-order valence-corrected chi connectivity index (χ3v) is 8.68. The topological polar surface area (TPSA) is 92.7 Å². The second kappa shape index (κ2) is 7.58. The molecule has 0 bridgehead atoms. The van der Waals surface area contributed by atoms with Gasteiger partial charge in [0.15, 0.2) is 0 Å². The Morgan fingerprint density at radius 1 is 1.24 bits per heavy atom. The average Bonchev–Trinajstić information content (AvgIpc) is 3.03. The van der Waals surface area contributed by atoms with Gasteiger partial charge in [-0.15, -0.1) is 0 Å². The van der Waals surface area contributed by atoms with Crippen LogP contribution >= 0.6 is 0 Å². The van der Waals surface area contributed by atoms with Gasteiger partial charge in [-0.05, 0) is 91.4 Å². The minimum Gasteiger partial charge on any atom is -0.393 e. The van der Waals surface area contributed by atoms with Gasteiger partial charge in [-0.3, -0.25) is 4.79 Å². The first-order chi connectivity index (χ1) is 13.8. The van der Waals surface area contributed by atoms with Crippen LogP contribution in [0.5, 0.6) is 5.75 Å². The van der Waals surface area contributed by atoms with Gasteiger partial charge >= 0.3 is 10.3 Å². The van der Waals surface area contributed by atoms with Crippen molar-refractivity contribution in [2.24, 2.45) is 17.3 Å². The van der Waals surface area contributed by atoms with E-state index in [0.717, 1.165) is 50.5 Å². The number of carbonyl (C=O) groups is 1. The van der Waals surface area contributed by atoms with Crippen LogP contribution in [0.2, 0.25) is 0 Å². The van der Waals surface area contributed by atoms with Crippen LogP contribution in [0.25, 0.3) is 0 Å². The smallest absolute Gasteiger partial charge is 0.393 e. The predicted molar refractivity (Wildman–Crippen MR) is 110 cm³/mol. The highest BCUT2D eigenvalue weighted by Gasteiger charge is 2.55. The van der Waals surface area contributed by atoms with Crippen molar-refractivity contribution >= 4 is 16.2 Å². The van der Waals surface area contributed by atoms with E-state index in [1.807, 2.05) is 16.9 Å². The molecule has 1 aromatic carbocycles. The number of fused-ring (bicyclic) bond motifs is 5. The van der Waals surface area contributed by atoms with Crippen molar-refractivity contribution in [2.45, 2.75) is 77.2 Å². The molecule has 0 aromatic heterocycles. The number of hydrogen-bond acceptors (Lipinski definition) is 5. The van der Waals surface area contributed by atoms with Crippen LogP contribution in [0.15, 0.2) is 18.2 Å². The fraction of sp³-hybridized carbons (Fsp3) is 0.682. The number of aliphatic hydroxyl groups excluding tert-OH is 1. The summed E-state index contributed by atoms with van der Waals surface area (Å²) in [6, 6.07) is 5.51. The number of aryl methyl sites for hydroxylation is 1. The summed E-state index contributed by atoms with van der Waals surface area (Å²) in [6.07, 6.45) is 7.08. The Balaban J connectivity index is 1.55. The average molecular weight is 422 g/mol. The third kappa shape index (κ3) is 3.56. The molecule has 1 amide bonds. The predicted octanol–water partition coefficient (Wildman–Crippen LogP) is 3.44. The molecule has 0 saturated heterocycles. The van der Waals surface area contributed by atoms with Crippen molar-refractivity contribution in [1.82, 2.24) is 4.72 Å². The minimum atomic E-state index is -4.15. The summed E-state index contributed by atoms with van der Waals surface area (Å²) < 4.78 is 31.0. The van der Waals surface area contributed by atoms with Crippen LogP contribution in [-0.2, 0) is 21.5 Å². The Morgan fingerprint density at radius 2 is 2.03 bits per heavy atom. The lowest BCUT2D eigenvalue weighted by Gasteiger charge is -2.51. The maximum atomic E-state index is 12.0. The first-order valence-corrected chi connectivity index (χ1v) is 12.3. The Morgan fingerprint density at radius 3 is 2.76 bits per heavy atom. The van der Waals surface area contributed by atoms with Crippen LogP contribution in [0.1, 0.15) is 75.8 Å². The number of amides is 1. The SMILES string of the molecule is CCC(=O)NS(=O)(=O)Oc1ccc2c(c1)CCC1C2CCC2(CC)C(O)CCC12. The molecule has 0 aliphatic heterocycles. The summed E-state index contributed by atoms with van der Waals surface area (Å²) in [5, 5.41) is 10.7. The van der Waals surface area contributed by atoms with E-state index in [0.29, 0.717) is 17.8 Å². The van der Waals surface area contributed by atoms with Crippen molar-refractivity contribution in [3.63, 3.8) is 0 Å². The highest BCUT2D eigenvalue weighted by atomic mass is 32.2. The van der Waals surface area contributed by atoms with Gasteiger partial charge in [0.25, 0.3) is 0 Å². The molecule has 29 heavy (non-hydrogen) atoms. The molecule has 5 unspecified atom stereocenters. The molecule has 160 valence electrons. The van der Waals surface area contributed by atoms with Crippen LogP contribution in [-0.4, -0.2) is 25.5 Å². The largest absolute Gasteiger partial charge is 0.409 e. The number of rotatable bonds is 5. The lowest BCUT2D eigenvalue weighted by molar-refractivity contribution is -0.119. The molecule has 7 heteroatoms. The van der Waals surface area contributed by atoms with Crippen LogP contribution < -0.4 is 8.91 Å². The highest BCUT2D eigenvalue weighted by Crippen LogP contribution is 2.62. The second-order valence-electron chi connectivity index (χ2n) is 8.91. The lowest BCUT2D eigenvalue weighted by Crippen LogP contribution is -2.45. The molecule has 5 atom stereocenters. The van der Waals surface area contributed by atoms with Crippen molar-refractivity contribution < 1.29 is 22.5 Å². The fourth-order valence-corrected chi connectivity index (χ4v) is 7.25. The third-order valence-electron chi connectivity index (χ3n) is 7.79. The fourth-order valence-electron chi connectivity index (χ4n) is 6.43. The first kappa shape index (κ1) is 20.7. The number of carbonyl (C=O) groups excluding carboxylic acids is 1. The molecule has 0 spiro atoms. The maximum absolute atomic E-state index is 12.0. The molecule has 0 heterocycles. The number of benzene rings is 1. The Kier molecular flexibility index (Phi) is 5.40. The van der Waals surface area contributed by atoms with E-state index in [4.69, 9.17) is 4.18 Å². The van der Waals surface area contributed by atoms with Crippen molar-refractivity contribution in [1.29, 1.82) is 0 Å². The lowest BCUT2D eigenvalue weighted by atomic mass is 9.54. The van der Waals surface area contributed by atoms with Crippen LogP contribution in [0.4, 0.5) is 0 Å². The molecule has 2 N–H and O–H groups in total. The second-order valence-corrected chi connectivity index (χ2v) is 10.2. The molecule has 2 saturated carbocycles. The Hall–Kier alpha value is -1.60. The normalized spacial score (nSPS) is 33.3. The number of aliphatic hydroxyl groups is 1. The van der Waals surface area contributed by atoms with Gasteiger partial charge in [-0.1, -0.05) is 19.9 Å². The molecule has 3 aliphatic carbocycles. The van der Waals surface area contributed by atoms with Crippen molar-refractivity contribution in [3.8, 4) is 5.75 Å². The van der Waals surface area contributed by atoms with Crippen molar-refractivity contribution in [3.05, 3.63) is 29.3 Å². The van der Waals surface area contributed by atoms with E-state index in [1.165, 1.54) is 5.56 Å². The van der Waals surface area contributed by atoms with Crippen molar-refractivity contribution in [2.75, 3.05) is 0 Å². The van der Waals surface area contributed by atoms with Crippen LogP contribution in [0.3, 0.4) is 0 Å². The van der Waals surface area contributed by atoms with E-state index in [2.05, 4.69) is 6.92 Å². The van der Waals surface area contributed by atoms with Gasteiger partial charge in [0.05, 0.1) is 6.10 Å². The molecular weight excluding hydrogens is 390 g/mol. The first-order valence-electron chi connectivity index (χ1n) is 10.9. The number of nitrogens with one attached hydrogen (secondary N) is 1. The molecule has 4 rings (SSSR count). The zero-order valence-corrected chi connectivity index (χ0v) is 18.0. The van der Waals surface area contributed by atoms with Gasteiger partial charge in [0, 0.05) is 6.42 Å². The summed E-state index contributed by atoms with van der Waals surface area (Å²) in [4.78, 5) is 11.4. The van der Waals surface area contributed by atoms with E-state index >= 15 is 0 Å². The number of hydrogen-bond donors (Lipinski definition) is 2. The quantitative estimate of drug-likeness (QED) is 0.760. The standard InChI is InChI=1S/C22H31NO5S/c1-3-21(25)23-29(26,27)28-15-6-8-16-14(13-15)5-7-18-17(16)11-12-22(4-2)19(18)9-10-20(22)24/h6,8,13,17-20,24H,3-5,7,9-12H2,1-2H3,(H,23,25). The van der Waals surface area contributed by atoms with Gasteiger partial charge in [0.2, 0.25) is 5.91 Å². The van der Waals surface area contributed by atoms with Gasteiger partial charge in [-0.2, -0.15) is 8.42 Å². The highest BCUT2D eigenvalue weighted by molar-refractivity contribution is 7.85. The van der Waals surface area contributed by atoms with Crippen LogP contribution in [0, 0.1) is 17.3 Å². The summed E-state index contributed by atoms with van der Waals surface area (Å²) in [6.45, 7) is 3.81. The Bertz CT molecular complexity index is 898. The Labute approximate surface area is 173 Å². The zero-order chi connectivity index (χ0) is 20.8. The van der Waals surface area contributed by atoms with Gasteiger partial charge < -0.3 is 9.29 Å². The molecule has 2 fully saturated rings. The monoisotopic (exact) mass is 421 g/mol. The summed E-state index contributed by atoms with van der Waals surface area (Å²) in [5.41, 5.74) is 2.53. The van der Waals surface area contributed by atoms with E-state index in [9.17, 15) is 18.3 Å². The summed E-state index contributed by atoms with van der Waals surface area (Å²) in [7, 11) is -4.15. The van der Waals surface area contributed by atoms with E-state index in [-0.39, 0.29) is 23.7 Å². The molecule has 1 aromatic rings. The van der Waals surface area contributed by atoms with Gasteiger partial charge in [-0.25, -0.2) is 4.72 Å². The zero-order valence-electron chi connectivity index (χ0n) is 17.2. The molecule has 0 radical (unpaired) electrons. The van der Waals surface area contributed by atoms with E-state index in [1.54, 1.807) is 13.0 Å².